The van der Waals surface area contributed by atoms with Gasteiger partial charge in [0, 0.05) is 5.54 Å². The van der Waals surface area contributed by atoms with Gasteiger partial charge < -0.3 is 5.32 Å². The molecule has 1 unspecified atom stereocenters. The van der Waals surface area contributed by atoms with Crippen LogP contribution in [0.5, 0.6) is 0 Å². The van der Waals surface area contributed by atoms with Crippen molar-refractivity contribution in [1.29, 1.82) is 0 Å². The van der Waals surface area contributed by atoms with E-state index >= 15 is 0 Å². The summed E-state index contributed by atoms with van der Waals surface area (Å²) in [5, 5.41) is 4.99. The average molecular weight is 311 g/mol. The second-order valence-electron chi connectivity index (χ2n) is 8.21. The highest BCUT2D eigenvalue weighted by atomic mass is 28.1. The topological polar surface area (TPSA) is 12.0 Å². The molecule has 1 aromatic carbocycles. The molecular weight excluding hydrogens is 282 g/mol. The molecule has 0 saturated carbocycles. The van der Waals surface area contributed by atoms with Gasteiger partial charge in [0.1, 0.15) is 0 Å². The molecule has 3 radical (unpaired) electrons. The van der Waals surface area contributed by atoms with Crippen LogP contribution in [0, 0.1) is 5.41 Å². The SMILES string of the molecule is CC(C)(C)NC(C1=C(C(C)(C)C)C=CC1)c1ccccc1[Si]. The Balaban J connectivity index is 2.53. The van der Waals surface area contributed by atoms with Gasteiger partial charge in [-0.05, 0) is 49.3 Å². The standard InChI is InChI=1S/C20H28NSi/c1-19(2,3)16-12-9-11-14(16)18(21-20(4,5)6)15-10-7-8-13-17(15)22/h7-10,12-13,18,21H,11H2,1-6H3. The first-order valence-corrected chi connectivity index (χ1v) is 8.58. The number of benzene rings is 1. The molecule has 1 aliphatic rings. The van der Waals surface area contributed by atoms with Gasteiger partial charge in [0.2, 0.25) is 0 Å². The van der Waals surface area contributed by atoms with Gasteiger partial charge in [0.15, 0.2) is 0 Å². The lowest BCUT2D eigenvalue weighted by Crippen LogP contribution is -2.41. The summed E-state index contributed by atoms with van der Waals surface area (Å²) >= 11 is 0. The molecular formula is C20H28NSi. The van der Waals surface area contributed by atoms with Crippen LogP contribution in [0.1, 0.15) is 59.6 Å². The smallest absolute Gasteiger partial charge is 0.0716 e. The van der Waals surface area contributed by atoms with Crippen LogP contribution in [0.2, 0.25) is 0 Å². The summed E-state index contributed by atoms with van der Waals surface area (Å²) in [6.45, 7) is 13.6. The number of hydrogen-bond acceptors (Lipinski definition) is 1. The van der Waals surface area contributed by atoms with Crippen LogP contribution in [-0.4, -0.2) is 15.8 Å². The van der Waals surface area contributed by atoms with Crippen molar-refractivity contribution in [3.63, 3.8) is 0 Å². The van der Waals surface area contributed by atoms with Crippen molar-refractivity contribution >= 4 is 15.4 Å². The highest BCUT2D eigenvalue weighted by molar-refractivity contribution is 6.33. The van der Waals surface area contributed by atoms with Gasteiger partial charge in [0.25, 0.3) is 0 Å². The summed E-state index contributed by atoms with van der Waals surface area (Å²) in [5.74, 6) is 0. The maximum absolute atomic E-state index is 3.83. The van der Waals surface area contributed by atoms with Crippen molar-refractivity contribution in [1.82, 2.24) is 5.32 Å². The number of hydrogen-bond donors (Lipinski definition) is 1. The summed E-state index contributed by atoms with van der Waals surface area (Å²) in [4.78, 5) is 0. The lowest BCUT2D eigenvalue weighted by molar-refractivity contribution is 0.381. The van der Waals surface area contributed by atoms with Crippen LogP contribution in [0.15, 0.2) is 47.6 Å². The lowest BCUT2D eigenvalue weighted by atomic mass is 9.81. The average Bonchev–Trinajstić information content (AvgIpc) is 2.84. The van der Waals surface area contributed by atoms with Gasteiger partial charge in [-0.1, -0.05) is 62.4 Å². The van der Waals surface area contributed by atoms with Crippen LogP contribution in [-0.2, 0) is 0 Å². The molecule has 1 nitrogen and oxygen atoms in total. The van der Waals surface area contributed by atoms with Crippen molar-refractivity contribution in [3.8, 4) is 0 Å². The van der Waals surface area contributed by atoms with Crippen molar-refractivity contribution in [2.24, 2.45) is 5.41 Å². The van der Waals surface area contributed by atoms with Crippen LogP contribution in [0.3, 0.4) is 0 Å². The van der Waals surface area contributed by atoms with E-state index in [4.69, 9.17) is 0 Å². The van der Waals surface area contributed by atoms with Crippen LogP contribution in [0.4, 0.5) is 0 Å². The third-order valence-corrected chi connectivity index (χ3v) is 4.43. The molecule has 117 valence electrons. The van der Waals surface area contributed by atoms with E-state index in [0.717, 1.165) is 11.6 Å². The van der Waals surface area contributed by atoms with Crippen molar-refractivity contribution in [2.75, 3.05) is 0 Å². The van der Waals surface area contributed by atoms with Gasteiger partial charge in [0.05, 0.1) is 16.3 Å². The predicted octanol–water partition coefficient (Wildman–Crippen LogP) is 4.21. The van der Waals surface area contributed by atoms with Crippen LogP contribution in [0.25, 0.3) is 0 Å². The Hall–Kier alpha value is -1.12. The fourth-order valence-electron chi connectivity index (χ4n) is 3.06. The van der Waals surface area contributed by atoms with Gasteiger partial charge >= 0.3 is 0 Å². The molecule has 0 saturated heterocycles. The molecule has 2 rings (SSSR count). The van der Waals surface area contributed by atoms with Gasteiger partial charge in [-0.2, -0.15) is 0 Å². The molecule has 1 N–H and O–H groups in total. The second kappa shape index (κ2) is 6.17. The zero-order valence-electron chi connectivity index (χ0n) is 14.7. The van der Waals surface area contributed by atoms with E-state index in [-0.39, 0.29) is 17.0 Å². The Morgan fingerprint density at radius 1 is 1.05 bits per heavy atom. The monoisotopic (exact) mass is 310 g/mol. The van der Waals surface area contributed by atoms with Crippen molar-refractivity contribution in [3.05, 3.63) is 53.1 Å². The zero-order valence-corrected chi connectivity index (χ0v) is 15.7. The molecule has 2 heteroatoms. The highest BCUT2D eigenvalue weighted by Crippen LogP contribution is 2.40. The van der Waals surface area contributed by atoms with E-state index in [0.29, 0.717) is 0 Å². The first kappa shape index (κ1) is 17.2. The molecule has 0 bridgehead atoms. The van der Waals surface area contributed by atoms with E-state index < -0.39 is 0 Å². The molecule has 1 atom stereocenters. The normalized spacial score (nSPS) is 17.2. The summed E-state index contributed by atoms with van der Waals surface area (Å²) < 4.78 is 0. The molecule has 22 heavy (non-hydrogen) atoms. The first-order chi connectivity index (χ1) is 10.1. The fraction of sp³-hybridized carbons (Fsp3) is 0.500. The maximum atomic E-state index is 3.83. The summed E-state index contributed by atoms with van der Waals surface area (Å²) in [5.41, 5.74) is 4.49. The van der Waals surface area contributed by atoms with Crippen LogP contribution >= 0.6 is 0 Å². The van der Waals surface area contributed by atoms with Gasteiger partial charge in [-0.15, -0.1) is 0 Å². The van der Waals surface area contributed by atoms with E-state index in [1.165, 1.54) is 16.7 Å². The van der Waals surface area contributed by atoms with E-state index in [1.54, 1.807) is 0 Å². The summed E-state index contributed by atoms with van der Waals surface area (Å²) in [6.07, 6.45) is 5.63. The highest BCUT2D eigenvalue weighted by Gasteiger charge is 2.30. The van der Waals surface area contributed by atoms with Gasteiger partial charge in [-0.3, -0.25) is 0 Å². The van der Waals surface area contributed by atoms with E-state index in [2.05, 4.69) is 93.5 Å². The minimum absolute atomic E-state index is 0.0533. The third kappa shape index (κ3) is 3.99. The maximum Gasteiger partial charge on any atom is 0.0716 e. The quantitative estimate of drug-likeness (QED) is 0.825. The molecule has 0 aliphatic heterocycles. The third-order valence-electron chi connectivity index (χ3n) is 3.97. The Morgan fingerprint density at radius 2 is 1.68 bits per heavy atom. The van der Waals surface area contributed by atoms with Crippen molar-refractivity contribution in [2.45, 2.75) is 59.5 Å². The van der Waals surface area contributed by atoms with Gasteiger partial charge in [-0.25, -0.2) is 0 Å². The second-order valence-corrected chi connectivity index (χ2v) is 8.75. The summed E-state index contributed by atoms with van der Waals surface area (Å²) in [6, 6.07) is 8.78. The molecule has 0 fully saturated rings. The number of allylic oxidation sites excluding steroid dienone is 3. The van der Waals surface area contributed by atoms with E-state index in [9.17, 15) is 0 Å². The predicted molar refractivity (Wildman–Crippen MR) is 97.7 cm³/mol. The minimum atomic E-state index is 0.0533. The molecule has 0 amide bonds. The molecule has 1 aliphatic carbocycles. The fourth-order valence-corrected chi connectivity index (χ4v) is 3.38. The Morgan fingerprint density at radius 3 is 2.23 bits per heavy atom. The zero-order chi connectivity index (χ0) is 16.5. The molecule has 0 aromatic heterocycles. The minimum Gasteiger partial charge on any atom is -0.302 e. The van der Waals surface area contributed by atoms with Crippen LogP contribution < -0.4 is 10.5 Å². The summed E-state index contributed by atoms with van der Waals surface area (Å²) in [7, 11) is 3.80. The van der Waals surface area contributed by atoms with E-state index in [1.807, 2.05) is 0 Å². The number of nitrogens with one attached hydrogen (secondary N) is 1. The Bertz CT molecular complexity index is 597. The largest absolute Gasteiger partial charge is 0.302 e. The Kier molecular flexibility index (Phi) is 4.83. The molecule has 0 heterocycles. The first-order valence-electron chi connectivity index (χ1n) is 8.08. The lowest BCUT2D eigenvalue weighted by Gasteiger charge is -2.34. The Labute approximate surface area is 139 Å². The molecule has 0 spiro atoms. The van der Waals surface area contributed by atoms with Crippen molar-refractivity contribution < 1.29 is 0 Å². The number of rotatable bonds is 3. The molecule has 1 aromatic rings.